The Balaban J connectivity index is 1.60. The van der Waals surface area contributed by atoms with Gasteiger partial charge in [-0.2, -0.15) is 5.10 Å². The smallest absolute Gasteiger partial charge is 0.338 e. The largest absolute Gasteiger partial charge is 0.452 e. The Morgan fingerprint density at radius 2 is 1.54 bits per heavy atom. The summed E-state index contributed by atoms with van der Waals surface area (Å²) in [5, 5.41) is 5.21. The van der Waals surface area contributed by atoms with E-state index in [1.54, 1.807) is 54.6 Å². The molecule has 2 N–H and O–H groups in total. The van der Waals surface area contributed by atoms with Gasteiger partial charge >= 0.3 is 11.9 Å². The van der Waals surface area contributed by atoms with Crippen LogP contribution >= 0.6 is 0 Å². The summed E-state index contributed by atoms with van der Waals surface area (Å²) in [6, 6.07) is 17.2. The van der Waals surface area contributed by atoms with E-state index in [2.05, 4.69) is 41.1 Å². The van der Waals surface area contributed by atoms with Crippen molar-refractivity contribution in [2.45, 2.75) is 57.5 Å². The van der Waals surface area contributed by atoms with Crippen molar-refractivity contribution in [3.05, 3.63) is 83.8 Å². The summed E-state index contributed by atoms with van der Waals surface area (Å²) >= 11 is 0. The van der Waals surface area contributed by atoms with E-state index in [1.165, 1.54) is 11.0 Å². The Morgan fingerprint density at radius 1 is 0.951 bits per heavy atom. The van der Waals surface area contributed by atoms with Gasteiger partial charge in [-0.05, 0) is 30.7 Å². The van der Waals surface area contributed by atoms with Crippen LogP contribution in [0.2, 0.25) is 19.6 Å². The molecular weight excluding hydrogens is 538 g/mol. The van der Waals surface area contributed by atoms with Crippen molar-refractivity contribution in [3.8, 4) is 11.5 Å². The van der Waals surface area contributed by atoms with E-state index in [0.717, 1.165) is 0 Å². The molecule has 10 nitrogen and oxygen atoms in total. The van der Waals surface area contributed by atoms with Crippen LogP contribution in [0.25, 0.3) is 11.0 Å². The fourth-order valence-electron chi connectivity index (χ4n) is 4.54. The number of fused-ring (bicyclic) bond motifs is 1. The maximum atomic E-state index is 13.3. The van der Waals surface area contributed by atoms with Gasteiger partial charge in [0.15, 0.2) is 24.1 Å². The molecular formula is C30H31N5O5Si. The lowest BCUT2D eigenvalue weighted by Crippen LogP contribution is -2.39. The molecule has 11 heteroatoms. The molecule has 1 aliphatic heterocycles. The second-order valence-electron chi connectivity index (χ2n) is 10.7. The molecule has 0 spiro atoms. The molecule has 5 rings (SSSR count). The van der Waals surface area contributed by atoms with Crippen molar-refractivity contribution in [2.24, 2.45) is 0 Å². The first kappa shape index (κ1) is 28.0. The highest BCUT2D eigenvalue weighted by molar-refractivity contribution is 6.83. The number of carbonyl (C=O) groups excluding carboxylic acids is 2. The summed E-state index contributed by atoms with van der Waals surface area (Å²) in [5.41, 5.74) is 11.0. The van der Waals surface area contributed by atoms with E-state index >= 15 is 0 Å². The van der Waals surface area contributed by atoms with Gasteiger partial charge in [0.25, 0.3) is 0 Å². The fourth-order valence-corrected chi connectivity index (χ4v) is 5.03. The molecule has 0 amide bonds. The number of esters is 2. The minimum absolute atomic E-state index is 0.219. The third kappa shape index (κ3) is 5.99. The molecule has 1 saturated heterocycles. The second kappa shape index (κ2) is 11.5. The van der Waals surface area contributed by atoms with Crippen molar-refractivity contribution in [3.63, 3.8) is 0 Å². The number of anilines is 1. The first-order valence-electron chi connectivity index (χ1n) is 13.4. The normalized spacial score (nSPS) is 20.3. The van der Waals surface area contributed by atoms with E-state index in [1.807, 2.05) is 13.0 Å². The minimum Gasteiger partial charge on any atom is -0.452 e. The highest BCUT2D eigenvalue weighted by Gasteiger charge is 2.51. The van der Waals surface area contributed by atoms with Crippen LogP contribution in [0.3, 0.4) is 0 Å². The molecule has 1 unspecified atom stereocenters. The van der Waals surface area contributed by atoms with Gasteiger partial charge in [0.2, 0.25) is 0 Å². The van der Waals surface area contributed by atoms with Gasteiger partial charge in [-0.25, -0.2) is 24.2 Å². The number of hydrogen-bond acceptors (Lipinski definition) is 9. The number of carbonyl (C=O) groups is 2. The molecule has 1 aliphatic rings. The number of hydrogen-bond donors (Lipinski definition) is 1. The van der Waals surface area contributed by atoms with Crippen molar-refractivity contribution in [2.75, 3.05) is 5.73 Å². The number of benzene rings is 2. The van der Waals surface area contributed by atoms with Gasteiger partial charge in [-0.15, -0.1) is 5.54 Å². The molecule has 4 atom stereocenters. The Bertz CT molecular complexity index is 1630. The molecule has 1 fully saturated rings. The summed E-state index contributed by atoms with van der Waals surface area (Å²) in [5.74, 6) is 2.22. The van der Waals surface area contributed by atoms with E-state index in [0.29, 0.717) is 34.3 Å². The number of rotatable bonds is 6. The second-order valence-corrected chi connectivity index (χ2v) is 15.4. The van der Waals surface area contributed by atoms with Crippen LogP contribution < -0.4 is 5.73 Å². The zero-order valence-electron chi connectivity index (χ0n) is 23.3. The van der Waals surface area contributed by atoms with Crippen LogP contribution in [0.4, 0.5) is 5.82 Å². The lowest BCUT2D eigenvalue weighted by atomic mass is 10.1. The van der Waals surface area contributed by atoms with E-state index in [4.69, 9.17) is 25.0 Å². The Kier molecular flexibility index (Phi) is 7.87. The topological polar surface area (TPSA) is 131 Å². The monoisotopic (exact) mass is 569 g/mol. The Hall–Kier alpha value is -4.53. The third-order valence-corrected chi connectivity index (χ3v) is 7.38. The van der Waals surface area contributed by atoms with Crippen LogP contribution in [0.5, 0.6) is 0 Å². The zero-order chi connectivity index (χ0) is 29.1. The van der Waals surface area contributed by atoms with Gasteiger partial charge in [-0.1, -0.05) is 68.9 Å². The predicted octanol–water partition coefficient (Wildman–Crippen LogP) is 4.40. The number of aromatic nitrogens is 4. The molecule has 3 heterocycles. The van der Waals surface area contributed by atoms with Crippen LogP contribution in [0.15, 0.2) is 67.0 Å². The van der Waals surface area contributed by atoms with E-state index in [-0.39, 0.29) is 5.82 Å². The minimum atomic E-state index is -1.77. The molecule has 0 radical (unpaired) electrons. The van der Waals surface area contributed by atoms with Gasteiger partial charge in [0.05, 0.1) is 16.5 Å². The average Bonchev–Trinajstić information content (AvgIpc) is 3.51. The number of ether oxygens (including phenoxy) is 3. The first-order chi connectivity index (χ1) is 19.7. The van der Waals surface area contributed by atoms with Crippen molar-refractivity contribution < 1.29 is 23.8 Å². The number of nitrogens with two attached hydrogens (primary N) is 1. The highest BCUT2D eigenvalue weighted by Crippen LogP contribution is 2.38. The first-order valence-corrected chi connectivity index (χ1v) is 16.9. The SMILES string of the molecule is CC[C@H]1O[C@@H](n2nc(C#C[Si](C)(C)C)c3c(N)ncnc32)C(OC(=O)c2ccccc2)[C@@H]1OC(=O)c1ccccc1. The number of nitrogens with zero attached hydrogens (tertiary/aromatic N) is 4. The molecule has 2 aromatic heterocycles. The molecule has 2 aromatic carbocycles. The van der Waals surface area contributed by atoms with Gasteiger partial charge in [0.1, 0.15) is 32.0 Å². The van der Waals surface area contributed by atoms with Gasteiger partial charge in [0, 0.05) is 0 Å². The molecule has 41 heavy (non-hydrogen) atoms. The number of nitrogen functional groups attached to an aromatic ring is 1. The maximum absolute atomic E-state index is 13.3. The third-order valence-electron chi connectivity index (χ3n) is 6.51. The summed E-state index contributed by atoms with van der Waals surface area (Å²) < 4.78 is 19.9. The molecule has 0 saturated carbocycles. The molecule has 0 aliphatic carbocycles. The fraction of sp³-hybridized carbons (Fsp3) is 0.300. The molecule has 0 bridgehead atoms. The Labute approximate surface area is 238 Å². The highest BCUT2D eigenvalue weighted by atomic mass is 28.3. The zero-order valence-corrected chi connectivity index (χ0v) is 24.3. The van der Waals surface area contributed by atoms with Crippen LogP contribution in [-0.2, 0) is 14.2 Å². The standard InChI is InChI=1S/C30H31N5O5Si/c1-5-22-24(39-29(36)19-12-8-6-9-13-19)25(40-30(37)20-14-10-7-11-15-20)28(38-22)35-27-23(26(31)32-18-33-27)21(34-35)16-17-41(2,3)4/h6-15,18,22,24-25,28H,5H2,1-4H3,(H2,31,32,33)/t22-,24-,25?,28-/m1/s1. The maximum Gasteiger partial charge on any atom is 0.338 e. The summed E-state index contributed by atoms with van der Waals surface area (Å²) in [4.78, 5) is 35.0. The van der Waals surface area contributed by atoms with E-state index in [9.17, 15) is 9.59 Å². The van der Waals surface area contributed by atoms with Crippen LogP contribution in [-0.4, -0.2) is 58.1 Å². The van der Waals surface area contributed by atoms with Crippen molar-refractivity contribution in [1.82, 2.24) is 19.7 Å². The van der Waals surface area contributed by atoms with Crippen molar-refractivity contribution >= 4 is 36.9 Å². The van der Waals surface area contributed by atoms with Crippen LogP contribution in [0.1, 0.15) is 46.0 Å². The summed E-state index contributed by atoms with van der Waals surface area (Å²) in [6.07, 6.45) is -1.77. The van der Waals surface area contributed by atoms with Crippen LogP contribution in [0, 0.1) is 11.5 Å². The van der Waals surface area contributed by atoms with Crippen molar-refractivity contribution in [1.29, 1.82) is 0 Å². The van der Waals surface area contributed by atoms with Gasteiger partial charge < -0.3 is 19.9 Å². The predicted molar refractivity (Wildman–Crippen MR) is 155 cm³/mol. The van der Waals surface area contributed by atoms with Gasteiger partial charge in [-0.3, -0.25) is 0 Å². The molecule has 4 aromatic rings. The average molecular weight is 570 g/mol. The summed E-state index contributed by atoms with van der Waals surface area (Å²) in [6.45, 7) is 8.26. The lowest BCUT2D eigenvalue weighted by Gasteiger charge is -2.24. The van der Waals surface area contributed by atoms with E-state index < -0.39 is 44.6 Å². The Morgan fingerprint density at radius 3 is 2.10 bits per heavy atom. The lowest BCUT2D eigenvalue weighted by molar-refractivity contribution is -0.0542. The quantitative estimate of drug-likeness (QED) is 0.204. The summed E-state index contributed by atoms with van der Waals surface area (Å²) in [7, 11) is -1.77. The molecule has 210 valence electrons.